The molecule has 0 heterocycles. The van der Waals surface area contributed by atoms with E-state index in [1.165, 1.54) is 12.1 Å². The van der Waals surface area contributed by atoms with Crippen LogP contribution in [0.25, 0.3) is 0 Å². The standard InChI is InChI=1S/C10H9BrF2O/c11-6-10(4-5-10)14-8-3-1-2-7(12)9(8)13/h1-3H,4-6H2. The first-order valence-corrected chi connectivity index (χ1v) is 5.48. The van der Waals surface area contributed by atoms with Gasteiger partial charge in [0.15, 0.2) is 11.6 Å². The first kappa shape index (κ1) is 9.90. The first-order chi connectivity index (χ1) is 6.67. The number of hydrogen-bond acceptors (Lipinski definition) is 1. The Morgan fingerprint density at radius 1 is 1.36 bits per heavy atom. The van der Waals surface area contributed by atoms with Crippen LogP contribution in [-0.4, -0.2) is 10.9 Å². The Labute approximate surface area is 89.2 Å². The summed E-state index contributed by atoms with van der Waals surface area (Å²) < 4.78 is 31.4. The number of ether oxygens (including phenoxy) is 1. The molecular formula is C10H9BrF2O. The zero-order valence-electron chi connectivity index (χ0n) is 7.40. The van der Waals surface area contributed by atoms with Crippen LogP contribution in [0.1, 0.15) is 12.8 Å². The van der Waals surface area contributed by atoms with Gasteiger partial charge in [-0.05, 0) is 25.0 Å². The van der Waals surface area contributed by atoms with Gasteiger partial charge >= 0.3 is 0 Å². The van der Waals surface area contributed by atoms with E-state index in [0.717, 1.165) is 18.9 Å². The minimum atomic E-state index is -0.903. The molecule has 1 aliphatic rings. The molecule has 0 unspecified atom stereocenters. The molecule has 76 valence electrons. The van der Waals surface area contributed by atoms with Crippen molar-refractivity contribution in [2.45, 2.75) is 18.4 Å². The lowest BCUT2D eigenvalue weighted by atomic mass is 10.3. The Balaban J connectivity index is 2.21. The molecule has 1 saturated carbocycles. The van der Waals surface area contributed by atoms with Crippen LogP contribution in [0.4, 0.5) is 8.78 Å². The maximum Gasteiger partial charge on any atom is 0.200 e. The monoisotopic (exact) mass is 262 g/mol. The molecular weight excluding hydrogens is 254 g/mol. The Morgan fingerprint density at radius 3 is 2.64 bits per heavy atom. The van der Waals surface area contributed by atoms with Crippen LogP contribution in [0.5, 0.6) is 5.75 Å². The molecule has 0 atom stereocenters. The minimum Gasteiger partial charge on any atom is -0.483 e. The highest BCUT2D eigenvalue weighted by molar-refractivity contribution is 9.09. The van der Waals surface area contributed by atoms with E-state index in [-0.39, 0.29) is 11.4 Å². The summed E-state index contributed by atoms with van der Waals surface area (Å²) in [7, 11) is 0. The fourth-order valence-electron chi connectivity index (χ4n) is 1.20. The van der Waals surface area contributed by atoms with Crippen LogP contribution in [0.2, 0.25) is 0 Å². The van der Waals surface area contributed by atoms with Crippen molar-refractivity contribution in [2.75, 3.05) is 5.33 Å². The van der Waals surface area contributed by atoms with Gasteiger partial charge in [0.1, 0.15) is 5.60 Å². The zero-order valence-corrected chi connectivity index (χ0v) is 8.98. The predicted molar refractivity (Wildman–Crippen MR) is 52.7 cm³/mol. The predicted octanol–water partition coefficient (Wildman–Crippen LogP) is 3.27. The van der Waals surface area contributed by atoms with Crippen LogP contribution >= 0.6 is 15.9 Å². The molecule has 1 nitrogen and oxygen atoms in total. The summed E-state index contributed by atoms with van der Waals surface area (Å²) >= 11 is 3.29. The number of hydrogen-bond donors (Lipinski definition) is 0. The molecule has 0 saturated heterocycles. The lowest BCUT2D eigenvalue weighted by Gasteiger charge is -2.15. The second-order valence-electron chi connectivity index (χ2n) is 3.47. The topological polar surface area (TPSA) is 9.23 Å². The maximum atomic E-state index is 13.2. The van der Waals surface area contributed by atoms with Gasteiger partial charge in [-0.1, -0.05) is 22.0 Å². The van der Waals surface area contributed by atoms with E-state index in [0.29, 0.717) is 5.33 Å². The van der Waals surface area contributed by atoms with Crippen LogP contribution in [0.3, 0.4) is 0 Å². The van der Waals surface area contributed by atoms with Gasteiger partial charge in [0, 0.05) is 5.33 Å². The lowest BCUT2D eigenvalue weighted by Crippen LogP contribution is -2.20. The number of benzene rings is 1. The summed E-state index contributed by atoms with van der Waals surface area (Å²) in [6.07, 6.45) is 1.77. The van der Waals surface area contributed by atoms with E-state index in [4.69, 9.17) is 4.74 Å². The maximum absolute atomic E-state index is 13.2. The molecule has 0 amide bonds. The summed E-state index contributed by atoms with van der Waals surface area (Å²) in [5.41, 5.74) is -0.311. The number of halogens is 3. The lowest BCUT2D eigenvalue weighted by molar-refractivity contribution is 0.194. The Bertz CT molecular complexity index is 350. The van der Waals surface area contributed by atoms with E-state index in [2.05, 4.69) is 15.9 Å². The molecule has 0 bridgehead atoms. The highest BCUT2D eigenvalue weighted by Gasteiger charge is 2.45. The second kappa shape index (κ2) is 3.50. The molecule has 14 heavy (non-hydrogen) atoms. The molecule has 0 spiro atoms. The van der Waals surface area contributed by atoms with Crippen molar-refractivity contribution in [3.05, 3.63) is 29.8 Å². The quantitative estimate of drug-likeness (QED) is 0.760. The molecule has 1 aromatic rings. The minimum absolute atomic E-state index is 0.00181. The molecule has 0 radical (unpaired) electrons. The third-order valence-corrected chi connectivity index (χ3v) is 3.32. The molecule has 2 rings (SSSR count). The van der Waals surface area contributed by atoms with E-state index >= 15 is 0 Å². The average Bonchev–Trinajstić information content (AvgIpc) is 2.94. The SMILES string of the molecule is Fc1cccc(OC2(CBr)CC2)c1F. The van der Waals surface area contributed by atoms with Gasteiger partial charge in [-0.25, -0.2) is 4.39 Å². The van der Waals surface area contributed by atoms with Gasteiger partial charge in [-0.15, -0.1) is 0 Å². The molecule has 1 aliphatic carbocycles. The average molecular weight is 263 g/mol. The van der Waals surface area contributed by atoms with Crippen molar-refractivity contribution >= 4 is 15.9 Å². The molecule has 0 N–H and O–H groups in total. The van der Waals surface area contributed by atoms with Crippen LogP contribution < -0.4 is 4.74 Å². The molecule has 1 fully saturated rings. The molecule has 1 aromatic carbocycles. The zero-order chi connectivity index (χ0) is 10.2. The van der Waals surface area contributed by atoms with Gasteiger partial charge in [-0.2, -0.15) is 4.39 Å². The normalized spacial score (nSPS) is 17.9. The fraction of sp³-hybridized carbons (Fsp3) is 0.400. The van der Waals surface area contributed by atoms with Crippen molar-refractivity contribution in [3.8, 4) is 5.75 Å². The van der Waals surface area contributed by atoms with Gasteiger partial charge in [-0.3, -0.25) is 0 Å². The Hall–Kier alpha value is -0.640. The van der Waals surface area contributed by atoms with Crippen molar-refractivity contribution in [2.24, 2.45) is 0 Å². The van der Waals surface area contributed by atoms with Crippen molar-refractivity contribution in [3.63, 3.8) is 0 Å². The van der Waals surface area contributed by atoms with Crippen LogP contribution in [0, 0.1) is 11.6 Å². The summed E-state index contributed by atoms with van der Waals surface area (Å²) in [4.78, 5) is 0. The summed E-state index contributed by atoms with van der Waals surface area (Å²) in [5, 5.41) is 0.649. The fourth-order valence-corrected chi connectivity index (χ4v) is 1.87. The van der Waals surface area contributed by atoms with Gasteiger partial charge in [0.2, 0.25) is 5.82 Å². The third kappa shape index (κ3) is 1.75. The van der Waals surface area contributed by atoms with E-state index < -0.39 is 11.6 Å². The molecule has 0 aromatic heterocycles. The van der Waals surface area contributed by atoms with Gasteiger partial charge in [0.05, 0.1) is 0 Å². The number of alkyl halides is 1. The summed E-state index contributed by atoms with van der Waals surface area (Å²) in [6.45, 7) is 0. The summed E-state index contributed by atoms with van der Waals surface area (Å²) in [6, 6.07) is 3.97. The Morgan fingerprint density at radius 2 is 2.07 bits per heavy atom. The van der Waals surface area contributed by atoms with Gasteiger partial charge < -0.3 is 4.74 Å². The third-order valence-electron chi connectivity index (χ3n) is 2.29. The van der Waals surface area contributed by atoms with E-state index in [9.17, 15) is 8.78 Å². The summed E-state index contributed by atoms with van der Waals surface area (Å²) in [5.74, 6) is -1.77. The molecule has 4 heteroatoms. The van der Waals surface area contributed by atoms with Crippen molar-refractivity contribution < 1.29 is 13.5 Å². The second-order valence-corrected chi connectivity index (χ2v) is 4.03. The van der Waals surface area contributed by atoms with E-state index in [1.807, 2.05) is 0 Å². The van der Waals surface area contributed by atoms with Gasteiger partial charge in [0.25, 0.3) is 0 Å². The largest absolute Gasteiger partial charge is 0.483 e. The highest BCUT2D eigenvalue weighted by atomic mass is 79.9. The van der Waals surface area contributed by atoms with Crippen molar-refractivity contribution in [1.82, 2.24) is 0 Å². The van der Waals surface area contributed by atoms with Crippen LogP contribution in [-0.2, 0) is 0 Å². The smallest absolute Gasteiger partial charge is 0.200 e. The highest BCUT2D eigenvalue weighted by Crippen LogP contribution is 2.42. The Kier molecular flexibility index (Phi) is 2.47. The van der Waals surface area contributed by atoms with Crippen LogP contribution in [0.15, 0.2) is 18.2 Å². The van der Waals surface area contributed by atoms with Crippen molar-refractivity contribution in [1.29, 1.82) is 0 Å². The first-order valence-electron chi connectivity index (χ1n) is 4.36. The van der Waals surface area contributed by atoms with E-state index in [1.54, 1.807) is 0 Å². The molecule has 0 aliphatic heterocycles. The number of rotatable bonds is 3.